The summed E-state index contributed by atoms with van der Waals surface area (Å²) in [6, 6.07) is 10.4. The van der Waals surface area contributed by atoms with Crippen LogP contribution in [-0.4, -0.2) is 17.5 Å². The van der Waals surface area contributed by atoms with E-state index >= 15 is 0 Å². The molecule has 80 valence electrons. The molecule has 0 aliphatic carbocycles. The number of nitrogens with zero attached hydrogens (tertiary/aromatic N) is 2. The van der Waals surface area contributed by atoms with Crippen molar-refractivity contribution in [3.05, 3.63) is 34.3 Å². The average molecular weight is 267 g/mol. The van der Waals surface area contributed by atoms with Crippen molar-refractivity contribution in [2.24, 2.45) is 0 Å². The zero-order valence-corrected chi connectivity index (χ0v) is 10.9. The van der Waals surface area contributed by atoms with Gasteiger partial charge in [0.15, 0.2) is 0 Å². The summed E-state index contributed by atoms with van der Waals surface area (Å²) in [5.41, 5.74) is 0.789. The lowest BCUT2D eigenvalue weighted by molar-refractivity contribution is 0.203. The molecule has 15 heavy (non-hydrogen) atoms. The van der Waals surface area contributed by atoms with E-state index in [2.05, 4.69) is 34.1 Å². The van der Waals surface area contributed by atoms with Gasteiger partial charge in [0.1, 0.15) is 5.54 Å². The molecule has 0 bridgehead atoms. The van der Waals surface area contributed by atoms with E-state index in [-0.39, 0.29) is 0 Å². The number of benzene rings is 1. The highest BCUT2D eigenvalue weighted by Crippen LogP contribution is 2.16. The Morgan fingerprint density at radius 1 is 1.33 bits per heavy atom. The van der Waals surface area contributed by atoms with Gasteiger partial charge in [0.2, 0.25) is 0 Å². The molecule has 0 aliphatic heterocycles. The minimum Gasteiger partial charge on any atom is -0.285 e. The van der Waals surface area contributed by atoms with Crippen LogP contribution in [0.2, 0.25) is 0 Å². The van der Waals surface area contributed by atoms with Gasteiger partial charge in [0.05, 0.1) is 6.07 Å². The van der Waals surface area contributed by atoms with E-state index in [1.165, 1.54) is 5.56 Å². The Morgan fingerprint density at radius 3 is 2.33 bits per heavy atom. The van der Waals surface area contributed by atoms with Gasteiger partial charge in [-0.05, 0) is 38.6 Å². The van der Waals surface area contributed by atoms with Gasteiger partial charge in [-0.3, -0.25) is 4.90 Å². The summed E-state index contributed by atoms with van der Waals surface area (Å²) < 4.78 is 1.08. The summed E-state index contributed by atoms with van der Waals surface area (Å²) >= 11 is 3.40. The van der Waals surface area contributed by atoms with E-state index in [0.29, 0.717) is 0 Å². The predicted octanol–water partition coefficient (Wildman–Crippen LogP) is 3.18. The molecule has 0 N–H and O–H groups in total. The average Bonchev–Trinajstić information content (AvgIpc) is 2.21. The van der Waals surface area contributed by atoms with Gasteiger partial charge in [-0.25, -0.2) is 0 Å². The second-order valence-corrected chi connectivity index (χ2v) is 5.07. The van der Waals surface area contributed by atoms with Gasteiger partial charge >= 0.3 is 0 Å². The van der Waals surface area contributed by atoms with Crippen LogP contribution in [0.25, 0.3) is 0 Å². The van der Waals surface area contributed by atoms with E-state index in [1.807, 2.05) is 37.9 Å². The van der Waals surface area contributed by atoms with E-state index in [9.17, 15) is 0 Å². The van der Waals surface area contributed by atoms with Crippen LogP contribution >= 0.6 is 15.9 Å². The molecule has 0 aromatic heterocycles. The normalized spacial score (nSPS) is 11.5. The highest BCUT2D eigenvalue weighted by molar-refractivity contribution is 9.10. The van der Waals surface area contributed by atoms with Crippen molar-refractivity contribution in [3.63, 3.8) is 0 Å². The topological polar surface area (TPSA) is 27.0 Å². The summed E-state index contributed by atoms with van der Waals surface area (Å²) in [4.78, 5) is 2.04. The Balaban J connectivity index is 2.71. The molecular formula is C12H15BrN2. The van der Waals surface area contributed by atoms with Gasteiger partial charge in [-0.2, -0.15) is 5.26 Å². The third-order valence-corrected chi connectivity index (χ3v) is 3.09. The highest BCUT2D eigenvalue weighted by atomic mass is 79.9. The molecular weight excluding hydrogens is 252 g/mol. The quantitative estimate of drug-likeness (QED) is 0.841. The van der Waals surface area contributed by atoms with Gasteiger partial charge in [-0.1, -0.05) is 28.1 Å². The SMILES string of the molecule is CN(Cc1ccc(Br)cc1)C(C)(C)C#N. The maximum absolute atomic E-state index is 8.99. The zero-order chi connectivity index (χ0) is 11.5. The Morgan fingerprint density at radius 2 is 1.87 bits per heavy atom. The fourth-order valence-electron chi connectivity index (χ4n) is 1.15. The molecule has 1 aromatic rings. The number of halogens is 1. The number of rotatable bonds is 3. The first-order valence-corrected chi connectivity index (χ1v) is 5.62. The third-order valence-electron chi connectivity index (χ3n) is 2.56. The van der Waals surface area contributed by atoms with Gasteiger partial charge < -0.3 is 0 Å². The fourth-order valence-corrected chi connectivity index (χ4v) is 1.41. The molecule has 1 aromatic carbocycles. The van der Waals surface area contributed by atoms with E-state index < -0.39 is 5.54 Å². The maximum atomic E-state index is 8.99. The van der Waals surface area contributed by atoms with Crippen molar-refractivity contribution < 1.29 is 0 Å². The van der Waals surface area contributed by atoms with Crippen LogP contribution in [0.1, 0.15) is 19.4 Å². The molecule has 0 amide bonds. The summed E-state index contributed by atoms with van der Waals surface area (Å²) in [7, 11) is 1.96. The molecule has 0 unspecified atom stereocenters. The Bertz CT molecular complexity index is 362. The van der Waals surface area contributed by atoms with Gasteiger partial charge in [0.25, 0.3) is 0 Å². The summed E-state index contributed by atoms with van der Waals surface area (Å²) in [5.74, 6) is 0. The standard InChI is InChI=1S/C12H15BrN2/c1-12(2,9-14)15(3)8-10-4-6-11(13)7-5-10/h4-7H,8H2,1-3H3. The minimum absolute atomic E-state index is 0.424. The molecule has 1 rings (SSSR count). The van der Waals surface area contributed by atoms with Crippen LogP contribution in [0.5, 0.6) is 0 Å². The second kappa shape index (κ2) is 4.78. The molecule has 3 heteroatoms. The Hall–Kier alpha value is -0.850. The molecule has 0 saturated carbocycles. The first kappa shape index (κ1) is 12.2. The van der Waals surface area contributed by atoms with Crippen LogP contribution in [-0.2, 0) is 6.54 Å². The molecule has 0 radical (unpaired) electrons. The van der Waals surface area contributed by atoms with Crippen molar-refractivity contribution in [1.29, 1.82) is 5.26 Å². The summed E-state index contributed by atoms with van der Waals surface area (Å²) in [6.45, 7) is 4.63. The molecule has 0 saturated heterocycles. The maximum Gasteiger partial charge on any atom is 0.103 e. The second-order valence-electron chi connectivity index (χ2n) is 4.15. The lowest BCUT2D eigenvalue weighted by atomic mass is 10.1. The van der Waals surface area contributed by atoms with E-state index in [1.54, 1.807) is 0 Å². The summed E-state index contributed by atoms with van der Waals surface area (Å²) in [5, 5.41) is 8.99. The zero-order valence-electron chi connectivity index (χ0n) is 9.29. The van der Waals surface area contributed by atoms with Crippen LogP contribution in [0.3, 0.4) is 0 Å². The lowest BCUT2D eigenvalue weighted by Gasteiger charge is -2.28. The van der Waals surface area contributed by atoms with Crippen LogP contribution in [0, 0.1) is 11.3 Å². The number of hydrogen-bond acceptors (Lipinski definition) is 2. The highest BCUT2D eigenvalue weighted by Gasteiger charge is 2.22. The van der Waals surface area contributed by atoms with Gasteiger partial charge in [0, 0.05) is 11.0 Å². The molecule has 0 atom stereocenters. The number of nitriles is 1. The predicted molar refractivity (Wildman–Crippen MR) is 65.3 cm³/mol. The Kier molecular flexibility index (Phi) is 3.90. The monoisotopic (exact) mass is 266 g/mol. The van der Waals surface area contributed by atoms with Gasteiger partial charge in [-0.15, -0.1) is 0 Å². The van der Waals surface area contributed by atoms with E-state index in [4.69, 9.17) is 5.26 Å². The van der Waals surface area contributed by atoms with Crippen molar-refractivity contribution in [3.8, 4) is 6.07 Å². The van der Waals surface area contributed by atoms with E-state index in [0.717, 1.165) is 11.0 Å². The van der Waals surface area contributed by atoms with Crippen molar-refractivity contribution in [1.82, 2.24) is 4.90 Å². The van der Waals surface area contributed by atoms with Crippen LogP contribution < -0.4 is 0 Å². The molecule has 2 nitrogen and oxygen atoms in total. The molecule has 0 spiro atoms. The smallest absolute Gasteiger partial charge is 0.103 e. The van der Waals surface area contributed by atoms with Crippen molar-refractivity contribution >= 4 is 15.9 Å². The molecule has 0 aliphatic rings. The van der Waals surface area contributed by atoms with Crippen molar-refractivity contribution in [2.45, 2.75) is 25.9 Å². The largest absolute Gasteiger partial charge is 0.285 e. The Labute approximate surface area is 99.6 Å². The van der Waals surface area contributed by atoms with Crippen LogP contribution in [0.4, 0.5) is 0 Å². The minimum atomic E-state index is -0.424. The van der Waals surface area contributed by atoms with Crippen LogP contribution in [0.15, 0.2) is 28.7 Å². The first-order valence-electron chi connectivity index (χ1n) is 4.82. The first-order chi connectivity index (χ1) is 6.95. The molecule has 0 fully saturated rings. The third kappa shape index (κ3) is 3.33. The summed E-state index contributed by atoms with van der Waals surface area (Å²) in [6.07, 6.45) is 0. The molecule has 0 heterocycles. The number of hydrogen-bond donors (Lipinski definition) is 0. The lowest BCUT2D eigenvalue weighted by Crippen LogP contribution is -2.38. The van der Waals surface area contributed by atoms with Crippen molar-refractivity contribution in [2.75, 3.05) is 7.05 Å². The fraction of sp³-hybridized carbons (Fsp3) is 0.417.